The van der Waals surface area contributed by atoms with E-state index in [0.717, 1.165) is 42.9 Å². The molecule has 1 aromatic heterocycles. The van der Waals surface area contributed by atoms with Crippen molar-refractivity contribution in [2.45, 2.75) is 44.6 Å². The maximum Gasteiger partial charge on any atom is 0.181 e. The molecule has 1 N–H and O–H groups in total. The Balaban J connectivity index is 1.78. The summed E-state index contributed by atoms with van der Waals surface area (Å²) in [5.41, 5.74) is 2.86. The van der Waals surface area contributed by atoms with Gasteiger partial charge in [0.05, 0.1) is 25.4 Å². The van der Waals surface area contributed by atoms with E-state index in [4.69, 9.17) is 9.47 Å². The van der Waals surface area contributed by atoms with Gasteiger partial charge in [-0.05, 0) is 54.0 Å². The highest BCUT2D eigenvalue weighted by Crippen LogP contribution is 2.40. The van der Waals surface area contributed by atoms with Crippen LogP contribution in [0.15, 0.2) is 42.5 Å². The van der Waals surface area contributed by atoms with Gasteiger partial charge in [-0.2, -0.15) is 4.68 Å². The van der Waals surface area contributed by atoms with Gasteiger partial charge in [0.1, 0.15) is 0 Å². The molecule has 152 valence electrons. The van der Waals surface area contributed by atoms with Gasteiger partial charge < -0.3 is 14.8 Å². The molecule has 3 aromatic rings. The second-order valence-corrected chi connectivity index (χ2v) is 7.54. The third-order valence-corrected chi connectivity index (χ3v) is 5.74. The molecule has 1 aliphatic rings. The van der Waals surface area contributed by atoms with Crippen molar-refractivity contribution in [3.63, 3.8) is 0 Å². The molecule has 0 amide bonds. The number of nitrogens with zero attached hydrogens (tertiary/aromatic N) is 4. The molecule has 0 saturated heterocycles. The van der Waals surface area contributed by atoms with E-state index in [1.807, 2.05) is 22.9 Å². The molecule has 0 bridgehead atoms. The van der Waals surface area contributed by atoms with E-state index in [9.17, 15) is 0 Å². The average Bonchev–Trinajstić information content (AvgIpc) is 3.26. The molecule has 1 saturated carbocycles. The number of para-hydroxylation sites is 1. The van der Waals surface area contributed by atoms with Gasteiger partial charge >= 0.3 is 0 Å². The Kier molecular flexibility index (Phi) is 5.38. The fourth-order valence-corrected chi connectivity index (χ4v) is 4.15. The lowest BCUT2D eigenvalue weighted by Gasteiger charge is -2.38. The molecule has 7 nitrogen and oxygen atoms in total. The van der Waals surface area contributed by atoms with E-state index in [1.165, 1.54) is 12.0 Å². The Morgan fingerprint density at radius 1 is 0.966 bits per heavy atom. The maximum atomic E-state index is 5.47. The molecule has 1 heterocycles. The monoisotopic (exact) mass is 393 g/mol. The summed E-state index contributed by atoms with van der Waals surface area (Å²) in [4.78, 5) is 0. The Bertz CT molecular complexity index is 979. The van der Waals surface area contributed by atoms with E-state index in [0.29, 0.717) is 11.5 Å². The number of benzene rings is 2. The summed E-state index contributed by atoms with van der Waals surface area (Å²) in [6.45, 7) is 2.12. The van der Waals surface area contributed by atoms with Crippen LogP contribution in [0, 0.1) is 6.92 Å². The number of aromatic nitrogens is 4. The van der Waals surface area contributed by atoms with Gasteiger partial charge in [0.25, 0.3) is 0 Å². The van der Waals surface area contributed by atoms with Gasteiger partial charge in [0.15, 0.2) is 17.3 Å². The minimum Gasteiger partial charge on any atom is -0.493 e. The first-order valence-corrected chi connectivity index (χ1v) is 10.0. The molecule has 0 radical (unpaired) electrons. The third kappa shape index (κ3) is 3.64. The van der Waals surface area contributed by atoms with Crippen LogP contribution in [0.4, 0.5) is 5.69 Å². The highest BCUT2D eigenvalue weighted by Gasteiger charge is 2.39. The zero-order valence-electron chi connectivity index (χ0n) is 17.2. The maximum absolute atomic E-state index is 5.47. The first-order chi connectivity index (χ1) is 14.2. The summed E-state index contributed by atoms with van der Waals surface area (Å²) < 4.78 is 12.7. The summed E-state index contributed by atoms with van der Waals surface area (Å²) in [6, 6.07) is 14.1. The molecule has 1 fully saturated rings. The van der Waals surface area contributed by atoms with E-state index in [2.05, 4.69) is 52.0 Å². The molecular formula is C22H27N5O2. The molecule has 2 aromatic carbocycles. The summed E-state index contributed by atoms with van der Waals surface area (Å²) in [5.74, 6) is 2.15. The smallest absolute Gasteiger partial charge is 0.181 e. The predicted molar refractivity (Wildman–Crippen MR) is 112 cm³/mol. The lowest BCUT2D eigenvalue weighted by molar-refractivity contribution is 0.309. The van der Waals surface area contributed by atoms with Gasteiger partial charge in [0.2, 0.25) is 0 Å². The van der Waals surface area contributed by atoms with Crippen molar-refractivity contribution in [2.75, 3.05) is 19.5 Å². The Morgan fingerprint density at radius 3 is 2.45 bits per heavy atom. The van der Waals surface area contributed by atoms with E-state index >= 15 is 0 Å². The molecule has 1 aliphatic carbocycles. The first kappa shape index (κ1) is 19.2. The van der Waals surface area contributed by atoms with Crippen molar-refractivity contribution in [1.82, 2.24) is 20.2 Å². The SMILES string of the molecule is COc1ccc(-n2nnnc2C2(Nc3ccccc3C)CCCCC2)cc1OC. The van der Waals surface area contributed by atoms with Crippen LogP contribution in [-0.4, -0.2) is 34.4 Å². The summed E-state index contributed by atoms with van der Waals surface area (Å²) in [7, 11) is 3.26. The second-order valence-electron chi connectivity index (χ2n) is 7.54. The minimum atomic E-state index is -0.318. The van der Waals surface area contributed by atoms with Crippen LogP contribution in [0.3, 0.4) is 0 Å². The summed E-state index contributed by atoms with van der Waals surface area (Å²) in [5, 5.41) is 16.6. The molecule has 0 aliphatic heterocycles. The quantitative estimate of drug-likeness (QED) is 0.674. The Morgan fingerprint density at radius 2 is 1.72 bits per heavy atom. The molecule has 7 heteroatoms. The van der Waals surface area contributed by atoms with Crippen LogP contribution in [0.2, 0.25) is 0 Å². The molecular weight excluding hydrogens is 366 g/mol. The second kappa shape index (κ2) is 8.11. The normalized spacial score (nSPS) is 15.7. The average molecular weight is 393 g/mol. The lowest BCUT2D eigenvalue weighted by Crippen LogP contribution is -2.40. The largest absolute Gasteiger partial charge is 0.493 e. The molecule has 0 atom stereocenters. The van der Waals surface area contributed by atoms with E-state index in [-0.39, 0.29) is 5.54 Å². The zero-order chi connectivity index (χ0) is 20.3. The number of aryl methyl sites for hydroxylation is 1. The van der Waals surface area contributed by atoms with Crippen LogP contribution >= 0.6 is 0 Å². The highest BCUT2D eigenvalue weighted by atomic mass is 16.5. The molecule has 0 unspecified atom stereocenters. The lowest BCUT2D eigenvalue weighted by atomic mass is 9.80. The third-order valence-electron chi connectivity index (χ3n) is 5.74. The van der Waals surface area contributed by atoms with Gasteiger partial charge in [0, 0.05) is 11.8 Å². The number of methoxy groups -OCH3 is 2. The fraction of sp³-hybridized carbons (Fsp3) is 0.409. The molecule has 29 heavy (non-hydrogen) atoms. The van der Waals surface area contributed by atoms with Crippen molar-refractivity contribution in [2.24, 2.45) is 0 Å². The number of anilines is 1. The van der Waals surface area contributed by atoms with Crippen LogP contribution in [0.1, 0.15) is 43.5 Å². The molecule has 0 spiro atoms. The van der Waals surface area contributed by atoms with Crippen molar-refractivity contribution in [3.05, 3.63) is 53.9 Å². The van der Waals surface area contributed by atoms with Gasteiger partial charge in [-0.25, -0.2) is 0 Å². The summed E-state index contributed by atoms with van der Waals surface area (Å²) in [6.07, 6.45) is 5.47. The minimum absolute atomic E-state index is 0.318. The number of hydrogen-bond donors (Lipinski definition) is 1. The number of rotatable bonds is 6. The van der Waals surface area contributed by atoms with Crippen LogP contribution in [0.25, 0.3) is 5.69 Å². The van der Waals surface area contributed by atoms with E-state index < -0.39 is 0 Å². The first-order valence-electron chi connectivity index (χ1n) is 10.0. The van der Waals surface area contributed by atoms with Gasteiger partial charge in [-0.3, -0.25) is 0 Å². The van der Waals surface area contributed by atoms with Gasteiger partial charge in [-0.1, -0.05) is 37.5 Å². The number of ether oxygens (including phenoxy) is 2. The van der Waals surface area contributed by atoms with E-state index in [1.54, 1.807) is 14.2 Å². The summed E-state index contributed by atoms with van der Waals surface area (Å²) >= 11 is 0. The topological polar surface area (TPSA) is 74.1 Å². The standard InChI is InChI=1S/C22H27N5O2/c1-16-9-5-6-10-18(16)23-22(13-7-4-8-14-22)21-24-25-26-27(21)17-11-12-19(28-2)20(15-17)29-3/h5-6,9-12,15,23H,4,7-8,13-14H2,1-3H3. The van der Waals surface area contributed by atoms with Crippen LogP contribution < -0.4 is 14.8 Å². The van der Waals surface area contributed by atoms with Crippen molar-refractivity contribution < 1.29 is 9.47 Å². The predicted octanol–water partition coefficient (Wildman–Crippen LogP) is 4.26. The van der Waals surface area contributed by atoms with Crippen LogP contribution in [-0.2, 0) is 5.54 Å². The fourth-order valence-electron chi connectivity index (χ4n) is 4.15. The number of hydrogen-bond acceptors (Lipinski definition) is 6. The number of tetrazole rings is 1. The Hall–Kier alpha value is -3.09. The van der Waals surface area contributed by atoms with Crippen molar-refractivity contribution >= 4 is 5.69 Å². The highest BCUT2D eigenvalue weighted by molar-refractivity contribution is 5.54. The molecule has 4 rings (SSSR count). The Labute approximate surface area is 171 Å². The van der Waals surface area contributed by atoms with Crippen molar-refractivity contribution in [1.29, 1.82) is 0 Å². The number of nitrogens with one attached hydrogen (secondary N) is 1. The zero-order valence-corrected chi connectivity index (χ0v) is 17.2. The van der Waals surface area contributed by atoms with Crippen molar-refractivity contribution in [3.8, 4) is 17.2 Å². The van der Waals surface area contributed by atoms with Crippen LogP contribution in [0.5, 0.6) is 11.5 Å². The van der Waals surface area contributed by atoms with Gasteiger partial charge in [-0.15, -0.1) is 5.10 Å².